The van der Waals surface area contributed by atoms with Crippen LogP contribution in [-0.2, 0) is 4.79 Å². The molecule has 0 bridgehead atoms. The van der Waals surface area contributed by atoms with Crippen molar-refractivity contribution < 1.29 is 13.6 Å². The van der Waals surface area contributed by atoms with E-state index in [2.05, 4.69) is 5.32 Å². The molecule has 0 heterocycles. The average Bonchev–Trinajstić information content (AvgIpc) is 2.00. The normalized spacial score (nSPS) is 11.3. The molecule has 0 fully saturated rings. The fourth-order valence-corrected chi connectivity index (χ4v) is 0.692. The number of amides is 1. The molecule has 0 aliphatic rings. The van der Waals surface area contributed by atoms with Crippen molar-refractivity contribution in [2.45, 2.75) is 18.6 Å². The van der Waals surface area contributed by atoms with Crippen molar-refractivity contribution >= 4 is 17.7 Å². The summed E-state index contributed by atoms with van der Waals surface area (Å²) in [5.74, 6) is -1.20. The summed E-state index contributed by atoms with van der Waals surface area (Å²) in [6, 6.07) is 0. The Morgan fingerprint density at radius 3 is 2.55 bits per heavy atom. The van der Waals surface area contributed by atoms with E-state index in [0.29, 0.717) is 13.0 Å². The minimum Gasteiger partial charge on any atom is -0.350 e. The van der Waals surface area contributed by atoms with Crippen LogP contribution < -0.4 is 5.32 Å². The van der Waals surface area contributed by atoms with Gasteiger partial charge in [0.1, 0.15) is 0 Å². The van der Waals surface area contributed by atoms with E-state index in [1.54, 1.807) is 6.92 Å². The van der Waals surface area contributed by atoms with Crippen LogP contribution in [-0.4, -0.2) is 24.0 Å². The Kier molecular flexibility index (Phi) is 4.40. The molecule has 0 rings (SSSR count). The van der Waals surface area contributed by atoms with Gasteiger partial charge in [0.15, 0.2) is 0 Å². The first-order chi connectivity index (χ1) is 5.04. The summed E-state index contributed by atoms with van der Waals surface area (Å²) >= 11 is 0.240. The number of nitrogens with one attached hydrogen (secondary N) is 1. The van der Waals surface area contributed by atoms with Crippen LogP contribution in [0.4, 0.5) is 8.78 Å². The predicted molar refractivity (Wildman–Crippen MR) is 41.8 cm³/mol. The third-order valence-electron chi connectivity index (χ3n) is 1.06. The van der Waals surface area contributed by atoms with Crippen molar-refractivity contribution in [3.8, 4) is 0 Å². The molecular formula is C6H11F2NOS. The van der Waals surface area contributed by atoms with Crippen molar-refractivity contribution in [3.63, 3.8) is 0 Å². The minimum absolute atomic E-state index is 0.240. The molecular weight excluding hydrogens is 172 g/mol. The molecule has 66 valence electrons. The van der Waals surface area contributed by atoms with Crippen molar-refractivity contribution in [2.24, 2.45) is 0 Å². The molecule has 0 unspecified atom stereocenters. The number of thioether (sulfide) groups is 1. The fourth-order valence-electron chi connectivity index (χ4n) is 0.434. The molecule has 11 heavy (non-hydrogen) atoms. The first kappa shape index (κ1) is 10.7. The standard InChI is InChI=1S/C6H11F2NOS/c1-3-4-9-5(10)6(7,8)11-2/h3-4H2,1-2H3,(H,9,10). The predicted octanol–water partition coefficient (Wildman–Crippen LogP) is 1.47. The third-order valence-corrected chi connectivity index (χ3v) is 1.75. The number of hydrogen-bond donors (Lipinski definition) is 1. The zero-order valence-corrected chi connectivity index (χ0v) is 7.30. The summed E-state index contributed by atoms with van der Waals surface area (Å²) in [6.07, 6.45) is 1.86. The van der Waals surface area contributed by atoms with Gasteiger partial charge >= 0.3 is 11.2 Å². The van der Waals surface area contributed by atoms with Gasteiger partial charge in [0.2, 0.25) is 0 Å². The van der Waals surface area contributed by atoms with Crippen LogP contribution in [0.15, 0.2) is 0 Å². The van der Waals surface area contributed by atoms with Gasteiger partial charge in [-0.1, -0.05) is 18.7 Å². The number of alkyl halides is 2. The van der Waals surface area contributed by atoms with E-state index in [4.69, 9.17) is 0 Å². The van der Waals surface area contributed by atoms with Crippen molar-refractivity contribution in [3.05, 3.63) is 0 Å². The smallest absolute Gasteiger partial charge is 0.350 e. The lowest BCUT2D eigenvalue weighted by Crippen LogP contribution is -2.37. The summed E-state index contributed by atoms with van der Waals surface area (Å²) in [4.78, 5) is 10.6. The molecule has 0 spiro atoms. The summed E-state index contributed by atoms with van der Waals surface area (Å²) in [7, 11) is 0. The number of carbonyl (C=O) groups excluding carboxylic acids is 1. The Morgan fingerprint density at radius 2 is 2.18 bits per heavy atom. The molecule has 1 amide bonds. The summed E-state index contributed by atoms with van der Waals surface area (Å²) in [6.45, 7) is 2.10. The van der Waals surface area contributed by atoms with E-state index in [1.165, 1.54) is 6.26 Å². The lowest BCUT2D eigenvalue weighted by molar-refractivity contribution is -0.134. The monoisotopic (exact) mass is 183 g/mol. The molecule has 0 saturated carbocycles. The van der Waals surface area contributed by atoms with Crippen molar-refractivity contribution in [2.75, 3.05) is 12.8 Å². The minimum atomic E-state index is -3.28. The molecule has 0 aromatic heterocycles. The van der Waals surface area contributed by atoms with Crippen LogP contribution in [0.2, 0.25) is 0 Å². The Balaban J connectivity index is 3.82. The highest BCUT2D eigenvalue weighted by Gasteiger charge is 2.36. The Morgan fingerprint density at radius 1 is 1.64 bits per heavy atom. The molecule has 2 nitrogen and oxygen atoms in total. The second-order valence-corrected chi connectivity index (χ2v) is 2.90. The largest absolute Gasteiger partial charge is 0.370 e. The first-order valence-electron chi connectivity index (χ1n) is 3.26. The van der Waals surface area contributed by atoms with E-state index >= 15 is 0 Å². The van der Waals surface area contributed by atoms with Gasteiger partial charge in [-0.25, -0.2) is 0 Å². The van der Waals surface area contributed by atoms with Crippen LogP contribution in [0.5, 0.6) is 0 Å². The van der Waals surface area contributed by atoms with Gasteiger partial charge in [-0.15, -0.1) is 0 Å². The highest BCUT2D eigenvalue weighted by Crippen LogP contribution is 2.25. The second kappa shape index (κ2) is 4.54. The zero-order chi connectivity index (χ0) is 8.91. The lowest BCUT2D eigenvalue weighted by atomic mass is 10.5. The number of rotatable bonds is 4. The van der Waals surface area contributed by atoms with Gasteiger partial charge in [-0.3, -0.25) is 4.79 Å². The fraction of sp³-hybridized carbons (Fsp3) is 0.833. The maximum Gasteiger partial charge on any atom is 0.370 e. The third kappa shape index (κ3) is 3.55. The molecule has 0 aliphatic carbocycles. The Hall–Kier alpha value is -0.320. The van der Waals surface area contributed by atoms with Gasteiger partial charge in [-0.05, 0) is 12.7 Å². The van der Waals surface area contributed by atoms with Crippen molar-refractivity contribution in [1.82, 2.24) is 5.32 Å². The van der Waals surface area contributed by atoms with E-state index in [1.807, 2.05) is 0 Å². The highest BCUT2D eigenvalue weighted by atomic mass is 32.2. The van der Waals surface area contributed by atoms with Crippen LogP contribution in [0.3, 0.4) is 0 Å². The molecule has 0 radical (unpaired) electrons. The van der Waals surface area contributed by atoms with Gasteiger partial charge < -0.3 is 5.32 Å². The maximum atomic E-state index is 12.4. The molecule has 0 aliphatic heterocycles. The summed E-state index contributed by atoms with van der Waals surface area (Å²) in [5, 5.41) is -1.17. The van der Waals surface area contributed by atoms with Gasteiger partial charge in [-0.2, -0.15) is 8.78 Å². The average molecular weight is 183 g/mol. The molecule has 1 N–H and O–H groups in total. The van der Waals surface area contributed by atoms with E-state index in [9.17, 15) is 13.6 Å². The Bertz CT molecular complexity index is 141. The summed E-state index contributed by atoms with van der Waals surface area (Å²) in [5.41, 5.74) is 0. The van der Waals surface area contributed by atoms with Crippen molar-refractivity contribution in [1.29, 1.82) is 0 Å². The number of carbonyl (C=O) groups is 1. The summed E-state index contributed by atoms with van der Waals surface area (Å²) < 4.78 is 24.8. The van der Waals surface area contributed by atoms with Crippen LogP contribution in [0.1, 0.15) is 13.3 Å². The molecule has 0 aromatic rings. The topological polar surface area (TPSA) is 29.1 Å². The van der Waals surface area contributed by atoms with E-state index in [0.717, 1.165) is 0 Å². The quantitative estimate of drug-likeness (QED) is 0.715. The Labute approximate surface area is 68.7 Å². The van der Waals surface area contributed by atoms with Gasteiger partial charge in [0.25, 0.3) is 0 Å². The second-order valence-electron chi connectivity index (χ2n) is 1.98. The van der Waals surface area contributed by atoms with Gasteiger partial charge in [0, 0.05) is 6.54 Å². The van der Waals surface area contributed by atoms with Crippen LogP contribution in [0.25, 0.3) is 0 Å². The lowest BCUT2D eigenvalue weighted by Gasteiger charge is -2.11. The number of halogens is 2. The zero-order valence-electron chi connectivity index (χ0n) is 6.49. The SMILES string of the molecule is CCCNC(=O)C(F)(F)SC. The first-order valence-corrected chi connectivity index (χ1v) is 4.48. The van der Waals surface area contributed by atoms with E-state index < -0.39 is 11.2 Å². The molecule has 0 aromatic carbocycles. The van der Waals surface area contributed by atoms with Crippen LogP contribution >= 0.6 is 11.8 Å². The van der Waals surface area contributed by atoms with E-state index in [-0.39, 0.29) is 11.8 Å². The van der Waals surface area contributed by atoms with Crippen LogP contribution in [0, 0.1) is 0 Å². The number of hydrogen-bond acceptors (Lipinski definition) is 2. The molecule has 0 saturated heterocycles. The molecule has 0 atom stereocenters. The maximum absolute atomic E-state index is 12.4. The highest BCUT2D eigenvalue weighted by molar-refractivity contribution is 8.00. The molecule has 5 heteroatoms. The van der Waals surface area contributed by atoms with Gasteiger partial charge in [0.05, 0.1) is 0 Å².